The molecule has 0 spiro atoms. The normalized spacial score (nSPS) is 28.1. The maximum absolute atomic E-state index is 14.5. The lowest BCUT2D eigenvalue weighted by atomic mass is 9.88. The first-order valence-electron chi connectivity index (χ1n) is 13.7. The van der Waals surface area contributed by atoms with Gasteiger partial charge in [0.1, 0.15) is 12.1 Å². The number of nitrogens with one attached hydrogen (secondary N) is 2. The molecule has 0 aromatic heterocycles. The van der Waals surface area contributed by atoms with E-state index in [-0.39, 0.29) is 18.9 Å². The van der Waals surface area contributed by atoms with E-state index in [1.165, 1.54) is 4.90 Å². The number of aliphatic hydroxyl groups is 1. The van der Waals surface area contributed by atoms with Crippen molar-refractivity contribution in [3.05, 3.63) is 59.7 Å². The minimum atomic E-state index is -2.97. The van der Waals surface area contributed by atoms with E-state index in [1.807, 2.05) is 18.2 Å². The predicted octanol–water partition coefficient (Wildman–Crippen LogP) is 2.70. The van der Waals surface area contributed by atoms with Crippen molar-refractivity contribution in [2.24, 2.45) is 17.8 Å². The smallest absolute Gasteiger partial charge is 0.264 e. The molecule has 8 nitrogen and oxygen atoms in total. The molecule has 6 rings (SSSR count). The Morgan fingerprint density at radius 1 is 1.12 bits per heavy atom. The fourth-order valence-electron chi connectivity index (χ4n) is 7.24. The maximum Gasteiger partial charge on any atom is 0.264 e. The standard InChI is InChI=1S/C30H30F2N4O4/c31-29(32)13-18-16-36(28(39)30(40)23-9-3-1-7-20(23)21-8-2-4-10-24(21)30)25(22(18)14-29)27(38)35-19(15-33)12-17-6-5-11-34-26(17)37/h1-4,7-10,17-19,22,25,40H,5-6,11-14,16H2,(H,34,37)(H,35,38)/t17-,18+,19+,22+,25-/m1/s1. The molecule has 2 heterocycles. The average molecular weight is 549 g/mol. The van der Waals surface area contributed by atoms with Crippen LogP contribution >= 0.6 is 0 Å². The van der Waals surface area contributed by atoms with Crippen molar-refractivity contribution < 1.29 is 28.3 Å². The quantitative estimate of drug-likeness (QED) is 0.531. The monoisotopic (exact) mass is 548 g/mol. The van der Waals surface area contributed by atoms with E-state index in [1.54, 1.807) is 36.4 Å². The molecule has 208 valence electrons. The van der Waals surface area contributed by atoms with Crippen LogP contribution in [0.5, 0.6) is 0 Å². The van der Waals surface area contributed by atoms with Crippen LogP contribution in [0.2, 0.25) is 0 Å². The van der Waals surface area contributed by atoms with Gasteiger partial charge in [-0.25, -0.2) is 8.78 Å². The minimum absolute atomic E-state index is 0.0870. The summed E-state index contributed by atoms with van der Waals surface area (Å²) >= 11 is 0. The molecule has 0 radical (unpaired) electrons. The van der Waals surface area contributed by atoms with Crippen LogP contribution in [-0.2, 0) is 20.0 Å². The number of carbonyl (C=O) groups is 3. The van der Waals surface area contributed by atoms with Crippen molar-refractivity contribution in [1.29, 1.82) is 5.26 Å². The number of amides is 3. The summed E-state index contributed by atoms with van der Waals surface area (Å²) in [6.45, 7) is 0.455. The molecule has 40 heavy (non-hydrogen) atoms. The van der Waals surface area contributed by atoms with Crippen molar-refractivity contribution in [3.8, 4) is 17.2 Å². The van der Waals surface area contributed by atoms with E-state index < -0.39 is 66.0 Å². The van der Waals surface area contributed by atoms with Gasteiger partial charge in [-0.2, -0.15) is 5.26 Å². The fraction of sp³-hybridized carbons (Fsp3) is 0.467. The number of alkyl halides is 2. The van der Waals surface area contributed by atoms with Gasteiger partial charge in [-0.05, 0) is 42.2 Å². The highest BCUT2D eigenvalue weighted by atomic mass is 19.3. The van der Waals surface area contributed by atoms with Gasteiger partial charge >= 0.3 is 0 Å². The van der Waals surface area contributed by atoms with Crippen LogP contribution in [0.3, 0.4) is 0 Å². The van der Waals surface area contributed by atoms with Crippen LogP contribution in [0.25, 0.3) is 11.1 Å². The van der Waals surface area contributed by atoms with Crippen molar-refractivity contribution >= 4 is 17.7 Å². The number of carbonyl (C=O) groups excluding carboxylic acids is 3. The summed E-state index contributed by atoms with van der Waals surface area (Å²) in [7, 11) is 0. The van der Waals surface area contributed by atoms with Crippen molar-refractivity contribution in [2.75, 3.05) is 13.1 Å². The third-order valence-electron chi connectivity index (χ3n) is 9.03. The van der Waals surface area contributed by atoms with E-state index in [0.29, 0.717) is 35.2 Å². The molecular formula is C30H30F2N4O4. The van der Waals surface area contributed by atoms with Gasteiger partial charge in [0, 0.05) is 43.0 Å². The number of benzene rings is 2. The van der Waals surface area contributed by atoms with Gasteiger partial charge in [-0.15, -0.1) is 0 Å². The Kier molecular flexibility index (Phi) is 6.37. The third-order valence-corrected chi connectivity index (χ3v) is 9.03. The lowest BCUT2D eigenvalue weighted by Gasteiger charge is -2.35. The maximum atomic E-state index is 14.5. The van der Waals surface area contributed by atoms with Gasteiger partial charge in [-0.1, -0.05) is 48.5 Å². The number of likely N-dealkylation sites (tertiary alicyclic amines) is 1. The highest BCUT2D eigenvalue weighted by Crippen LogP contribution is 2.53. The van der Waals surface area contributed by atoms with E-state index in [9.17, 15) is 33.5 Å². The SMILES string of the molecule is N#C[C@H](C[C@H]1CCCNC1=O)NC(=O)[C@H]1[C@H]2CC(F)(F)C[C@H]2CN1C(=O)C1(O)c2ccccc2-c2ccccc21. The summed E-state index contributed by atoms with van der Waals surface area (Å²) in [5.74, 6) is -6.53. The fourth-order valence-corrected chi connectivity index (χ4v) is 7.24. The number of hydrogen-bond acceptors (Lipinski definition) is 5. The Morgan fingerprint density at radius 2 is 1.77 bits per heavy atom. The Hall–Kier alpha value is -3.84. The van der Waals surface area contributed by atoms with Gasteiger partial charge in [-0.3, -0.25) is 14.4 Å². The zero-order chi connectivity index (χ0) is 28.2. The highest BCUT2D eigenvalue weighted by molar-refractivity contribution is 6.01. The summed E-state index contributed by atoms with van der Waals surface area (Å²) in [6.07, 6.45) is 0.405. The number of fused-ring (bicyclic) bond motifs is 4. The lowest BCUT2D eigenvalue weighted by Crippen LogP contribution is -2.56. The summed E-state index contributed by atoms with van der Waals surface area (Å²) in [5, 5.41) is 27.3. The second-order valence-electron chi connectivity index (χ2n) is 11.4. The zero-order valence-electron chi connectivity index (χ0n) is 21.8. The predicted molar refractivity (Wildman–Crippen MR) is 139 cm³/mol. The first-order chi connectivity index (χ1) is 19.1. The second-order valence-corrected chi connectivity index (χ2v) is 11.4. The molecular weight excluding hydrogens is 518 g/mol. The molecule has 2 aromatic rings. The number of nitriles is 1. The Morgan fingerprint density at radius 3 is 2.40 bits per heavy atom. The van der Waals surface area contributed by atoms with Crippen molar-refractivity contribution in [2.45, 2.75) is 55.7 Å². The summed E-state index contributed by atoms with van der Waals surface area (Å²) in [5.41, 5.74) is 0.0380. The molecule has 4 aliphatic rings. The molecule has 3 fully saturated rings. The van der Waals surface area contributed by atoms with Crippen LogP contribution in [-0.4, -0.2) is 58.8 Å². The van der Waals surface area contributed by atoms with E-state index in [2.05, 4.69) is 10.6 Å². The van der Waals surface area contributed by atoms with Gasteiger partial charge < -0.3 is 20.6 Å². The van der Waals surface area contributed by atoms with Gasteiger partial charge in [0.15, 0.2) is 5.60 Å². The number of hydrogen-bond donors (Lipinski definition) is 3. The van der Waals surface area contributed by atoms with Crippen LogP contribution < -0.4 is 10.6 Å². The summed E-state index contributed by atoms with van der Waals surface area (Å²) < 4.78 is 29.0. The molecule has 2 saturated heterocycles. The molecule has 0 unspecified atom stereocenters. The van der Waals surface area contributed by atoms with Crippen molar-refractivity contribution in [1.82, 2.24) is 15.5 Å². The number of halogens is 2. The molecule has 2 aliphatic carbocycles. The molecule has 10 heteroatoms. The van der Waals surface area contributed by atoms with E-state index >= 15 is 0 Å². The van der Waals surface area contributed by atoms with Crippen LogP contribution in [0.15, 0.2) is 48.5 Å². The third kappa shape index (κ3) is 4.15. The summed E-state index contributed by atoms with van der Waals surface area (Å²) in [6, 6.07) is 13.7. The number of rotatable bonds is 5. The van der Waals surface area contributed by atoms with Gasteiger partial charge in [0.25, 0.3) is 5.91 Å². The molecule has 2 aromatic carbocycles. The highest BCUT2D eigenvalue weighted by Gasteiger charge is 2.61. The molecule has 5 atom stereocenters. The number of piperidine rings is 1. The minimum Gasteiger partial charge on any atom is -0.372 e. The Labute approximate surface area is 230 Å². The molecule has 2 aliphatic heterocycles. The molecule has 3 N–H and O–H groups in total. The largest absolute Gasteiger partial charge is 0.372 e. The lowest BCUT2D eigenvalue weighted by molar-refractivity contribution is -0.153. The van der Waals surface area contributed by atoms with E-state index in [4.69, 9.17) is 0 Å². The average Bonchev–Trinajstić information content (AvgIpc) is 3.53. The zero-order valence-corrected chi connectivity index (χ0v) is 21.8. The van der Waals surface area contributed by atoms with Gasteiger partial charge in [0.2, 0.25) is 17.7 Å². The second kappa shape index (κ2) is 9.66. The molecule has 1 saturated carbocycles. The van der Waals surface area contributed by atoms with Gasteiger partial charge in [0.05, 0.1) is 6.07 Å². The van der Waals surface area contributed by atoms with Crippen LogP contribution in [0.1, 0.15) is 43.2 Å². The van der Waals surface area contributed by atoms with Crippen molar-refractivity contribution in [3.63, 3.8) is 0 Å². The van der Waals surface area contributed by atoms with E-state index in [0.717, 1.165) is 6.42 Å². The topological polar surface area (TPSA) is 123 Å². The summed E-state index contributed by atoms with van der Waals surface area (Å²) in [4.78, 5) is 41.5. The Bertz CT molecular complexity index is 1380. The molecule has 3 amide bonds. The van der Waals surface area contributed by atoms with Crippen LogP contribution in [0, 0.1) is 29.1 Å². The Balaban J connectivity index is 1.32. The first-order valence-corrected chi connectivity index (χ1v) is 13.7. The van der Waals surface area contributed by atoms with Crippen LogP contribution in [0.4, 0.5) is 8.78 Å². The number of nitrogens with zero attached hydrogens (tertiary/aromatic N) is 2. The molecule has 0 bridgehead atoms. The first kappa shape index (κ1) is 26.4.